The molecule has 156 valence electrons. The number of fused-ring (bicyclic) bond motifs is 1. The summed E-state index contributed by atoms with van der Waals surface area (Å²) in [5, 5.41) is 2.76. The molecule has 0 aliphatic carbocycles. The van der Waals surface area contributed by atoms with Gasteiger partial charge in [0.1, 0.15) is 18.5 Å². The van der Waals surface area contributed by atoms with Crippen LogP contribution >= 0.6 is 0 Å². The van der Waals surface area contributed by atoms with E-state index in [1.807, 2.05) is 12.1 Å². The van der Waals surface area contributed by atoms with Crippen LogP contribution in [0, 0.1) is 0 Å². The van der Waals surface area contributed by atoms with Gasteiger partial charge in [-0.15, -0.1) is 13.2 Å². The summed E-state index contributed by atoms with van der Waals surface area (Å²) in [6, 6.07) is 13.1. The molecule has 0 saturated carbocycles. The van der Waals surface area contributed by atoms with E-state index in [0.29, 0.717) is 23.7 Å². The van der Waals surface area contributed by atoms with Crippen molar-refractivity contribution in [1.29, 1.82) is 0 Å². The minimum atomic E-state index is -4.77. The lowest BCUT2D eigenvalue weighted by molar-refractivity contribution is -0.275. The molecule has 0 spiro atoms. The molecule has 1 unspecified atom stereocenters. The average molecular weight is 410 g/mol. The normalized spacial score (nSPS) is 15.8. The molecular weight excluding hydrogens is 389 g/mol. The highest BCUT2D eigenvalue weighted by atomic mass is 19.4. The van der Waals surface area contributed by atoms with Gasteiger partial charge >= 0.3 is 6.36 Å². The molecule has 1 aliphatic heterocycles. The van der Waals surface area contributed by atoms with Gasteiger partial charge in [-0.3, -0.25) is 9.69 Å². The number of benzene rings is 2. The van der Waals surface area contributed by atoms with Gasteiger partial charge in [0.2, 0.25) is 5.91 Å². The summed E-state index contributed by atoms with van der Waals surface area (Å²) in [5.41, 5.74) is 0.334. The molecule has 0 radical (unpaired) electrons. The summed E-state index contributed by atoms with van der Waals surface area (Å²) in [7, 11) is 1.64. The first-order valence-electron chi connectivity index (χ1n) is 8.97. The molecule has 1 N–H and O–H groups in total. The molecule has 1 atom stereocenters. The fourth-order valence-electron chi connectivity index (χ4n) is 2.90. The van der Waals surface area contributed by atoms with E-state index in [-0.39, 0.29) is 37.4 Å². The Bertz CT molecular complexity index is 844. The van der Waals surface area contributed by atoms with Crippen molar-refractivity contribution >= 4 is 5.91 Å². The molecule has 1 aliphatic rings. The number of amides is 1. The van der Waals surface area contributed by atoms with Crippen molar-refractivity contribution in [3.05, 3.63) is 54.1 Å². The topological polar surface area (TPSA) is 60.0 Å². The maximum atomic E-state index is 12.5. The van der Waals surface area contributed by atoms with Crippen molar-refractivity contribution in [2.45, 2.75) is 19.0 Å². The largest absolute Gasteiger partial charge is 0.573 e. The summed E-state index contributed by atoms with van der Waals surface area (Å²) in [6.45, 7) is 0.699. The van der Waals surface area contributed by atoms with E-state index in [0.717, 1.165) is 0 Å². The average Bonchev–Trinajstić information content (AvgIpc) is 2.66. The number of para-hydroxylation sites is 3. The minimum Gasteiger partial charge on any atom is -0.486 e. The van der Waals surface area contributed by atoms with Crippen LogP contribution in [-0.4, -0.2) is 50.0 Å². The lowest BCUT2D eigenvalue weighted by Gasteiger charge is -2.27. The number of hydrogen-bond donors (Lipinski definition) is 1. The Labute approximate surface area is 166 Å². The van der Waals surface area contributed by atoms with Gasteiger partial charge in [0.05, 0.1) is 13.1 Å². The van der Waals surface area contributed by atoms with E-state index < -0.39 is 6.36 Å². The third kappa shape index (κ3) is 6.28. The Morgan fingerprint density at radius 2 is 1.86 bits per heavy atom. The zero-order valence-corrected chi connectivity index (χ0v) is 15.7. The Hall–Kier alpha value is -2.94. The Morgan fingerprint density at radius 1 is 1.17 bits per heavy atom. The molecular formula is C20H21F3N2O4. The summed E-state index contributed by atoms with van der Waals surface area (Å²) >= 11 is 0. The second-order valence-electron chi connectivity index (χ2n) is 6.63. The number of carbonyl (C=O) groups excluding carboxylic acids is 1. The highest BCUT2D eigenvalue weighted by molar-refractivity contribution is 5.78. The van der Waals surface area contributed by atoms with Crippen LogP contribution in [0.5, 0.6) is 17.2 Å². The quantitative estimate of drug-likeness (QED) is 0.761. The first kappa shape index (κ1) is 20.8. The second-order valence-corrected chi connectivity index (χ2v) is 6.63. The highest BCUT2D eigenvalue weighted by Crippen LogP contribution is 2.30. The zero-order chi connectivity index (χ0) is 20.9. The van der Waals surface area contributed by atoms with Gasteiger partial charge in [0.25, 0.3) is 0 Å². The molecule has 2 aromatic carbocycles. The highest BCUT2D eigenvalue weighted by Gasteiger charge is 2.32. The van der Waals surface area contributed by atoms with Crippen molar-refractivity contribution in [3.8, 4) is 17.2 Å². The molecule has 0 bridgehead atoms. The molecule has 1 amide bonds. The van der Waals surface area contributed by atoms with Crippen LogP contribution in [0.25, 0.3) is 0 Å². The molecule has 2 aromatic rings. The van der Waals surface area contributed by atoms with Crippen LogP contribution in [0.2, 0.25) is 0 Å². The molecule has 9 heteroatoms. The van der Waals surface area contributed by atoms with E-state index in [9.17, 15) is 18.0 Å². The van der Waals surface area contributed by atoms with E-state index >= 15 is 0 Å². The van der Waals surface area contributed by atoms with E-state index in [2.05, 4.69) is 10.1 Å². The summed E-state index contributed by atoms with van der Waals surface area (Å²) in [4.78, 5) is 13.8. The smallest absolute Gasteiger partial charge is 0.486 e. The monoisotopic (exact) mass is 410 g/mol. The maximum absolute atomic E-state index is 12.5. The number of hydrogen-bond acceptors (Lipinski definition) is 5. The van der Waals surface area contributed by atoms with Crippen molar-refractivity contribution in [3.63, 3.8) is 0 Å². The number of nitrogens with one attached hydrogen (secondary N) is 1. The molecule has 1 heterocycles. The van der Waals surface area contributed by atoms with Crippen molar-refractivity contribution in [2.75, 3.05) is 26.7 Å². The van der Waals surface area contributed by atoms with Gasteiger partial charge in [-0.05, 0) is 25.2 Å². The summed E-state index contributed by atoms with van der Waals surface area (Å²) in [6.07, 6.45) is -5.09. The first-order chi connectivity index (χ1) is 13.8. The van der Waals surface area contributed by atoms with Gasteiger partial charge in [-0.1, -0.05) is 30.3 Å². The van der Waals surface area contributed by atoms with Crippen LogP contribution in [0.3, 0.4) is 0 Å². The lowest BCUT2D eigenvalue weighted by Crippen LogP contribution is -2.43. The van der Waals surface area contributed by atoms with Crippen molar-refractivity contribution < 1.29 is 32.2 Å². The number of likely N-dealkylation sites (N-methyl/N-ethyl adjacent to an activating group) is 1. The van der Waals surface area contributed by atoms with Crippen molar-refractivity contribution in [2.24, 2.45) is 0 Å². The minimum absolute atomic E-state index is 0.00448. The van der Waals surface area contributed by atoms with E-state index in [4.69, 9.17) is 9.47 Å². The van der Waals surface area contributed by atoms with Crippen LogP contribution in [0.1, 0.15) is 5.56 Å². The molecule has 0 saturated heterocycles. The van der Waals surface area contributed by atoms with Gasteiger partial charge in [0.15, 0.2) is 11.5 Å². The second kappa shape index (κ2) is 9.04. The van der Waals surface area contributed by atoms with E-state index in [1.165, 1.54) is 18.2 Å². The van der Waals surface area contributed by atoms with Crippen molar-refractivity contribution in [1.82, 2.24) is 10.2 Å². The number of carbonyl (C=O) groups is 1. The van der Waals surface area contributed by atoms with Crippen LogP contribution in [0.15, 0.2) is 48.5 Å². The SMILES string of the molecule is CN(CC(=O)NCC1COc2ccccc2O1)Cc1ccccc1OC(F)(F)F. The molecule has 29 heavy (non-hydrogen) atoms. The molecule has 0 fully saturated rings. The standard InChI is InChI=1S/C20H21F3N2O4/c1-25(11-14-6-2-3-7-16(14)29-20(21,22)23)12-19(26)24-10-15-13-27-17-8-4-5-9-18(17)28-15/h2-9,15H,10-13H2,1H3,(H,24,26). The predicted octanol–water partition coefficient (Wildman–Crippen LogP) is 2.97. The van der Waals surface area contributed by atoms with Gasteiger partial charge < -0.3 is 19.5 Å². The fourth-order valence-corrected chi connectivity index (χ4v) is 2.90. The zero-order valence-electron chi connectivity index (χ0n) is 15.7. The Balaban J connectivity index is 1.47. The third-order valence-corrected chi connectivity index (χ3v) is 4.15. The number of nitrogens with zero attached hydrogens (tertiary/aromatic N) is 1. The molecule has 3 rings (SSSR count). The van der Waals surface area contributed by atoms with Crippen LogP contribution in [0.4, 0.5) is 13.2 Å². The van der Waals surface area contributed by atoms with Crippen LogP contribution < -0.4 is 19.5 Å². The van der Waals surface area contributed by atoms with Crippen LogP contribution in [-0.2, 0) is 11.3 Å². The third-order valence-electron chi connectivity index (χ3n) is 4.15. The number of rotatable bonds is 7. The summed E-state index contributed by atoms with van der Waals surface area (Å²) in [5.74, 6) is 0.730. The molecule has 6 nitrogen and oxygen atoms in total. The first-order valence-corrected chi connectivity index (χ1v) is 8.97. The number of ether oxygens (including phenoxy) is 3. The van der Waals surface area contributed by atoms with E-state index in [1.54, 1.807) is 30.1 Å². The fraction of sp³-hybridized carbons (Fsp3) is 0.350. The number of halogens is 3. The number of alkyl halides is 3. The lowest BCUT2D eigenvalue weighted by atomic mass is 10.2. The van der Waals surface area contributed by atoms with Gasteiger partial charge in [-0.25, -0.2) is 0 Å². The maximum Gasteiger partial charge on any atom is 0.573 e. The van der Waals surface area contributed by atoms with Gasteiger partial charge in [0, 0.05) is 12.1 Å². The predicted molar refractivity (Wildman–Crippen MR) is 98.8 cm³/mol. The summed E-state index contributed by atoms with van der Waals surface area (Å²) < 4.78 is 52.9. The Kier molecular flexibility index (Phi) is 6.48. The molecule has 0 aromatic heterocycles. The van der Waals surface area contributed by atoms with Gasteiger partial charge in [-0.2, -0.15) is 0 Å². The Morgan fingerprint density at radius 3 is 2.62 bits per heavy atom.